The van der Waals surface area contributed by atoms with Gasteiger partial charge in [-0.1, -0.05) is 27.7 Å². The molecular formula is C16H29N3S. The van der Waals surface area contributed by atoms with Gasteiger partial charge in [0.05, 0.1) is 6.04 Å². The Hall–Kier alpha value is -0.420. The molecule has 1 fully saturated rings. The number of rotatable bonds is 4. The average molecular weight is 295 g/mol. The molecule has 20 heavy (non-hydrogen) atoms. The number of likely N-dealkylation sites (N-methyl/N-ethyl adjacent to an activating group) is 1. The number of thiophene rings is 1. The van der Waals surface area contributed by atoms with Crippen molar-refractivity contribution < 1.29 is 0 Å². The number of hydrogen-bond donors (Lipinski definition) is 1. The van der Waals surface area contributed by atoms with E-state index in [-0.39, 0.29) is 5.41 Å². The third kappa shape index (κ3) is 3.61. The monoisotopic (exact) mass is 295 g/mol. The van der Waals surface area contributed by atoms with Gasteiger partial charge < -0.3 is 10.6 Å². The fourth-order valence-electron chi connectivity index (χ4n) is 2.77. The Balaban J connectivity index is 2.07. The highest BCUT2D eigenvalue weighted by molar-refractivity contribution is 7.12. The Bertz CT molecular complexity index is 414. The fourth-order valence-corrected chi connectivity index (χ4v) is 3.99. The van der Waals surface area contributed by atoms with Crippen LogP contribution >= 0.6 is 11.3 Å². The van der Waals surface area contributed by atoms with Crippen LogP contribution in [-0.2, 0) is 5.41 Å². The van der Waals surface area contributed by atoms with Crippen LogP contribution in [0.4, 0.5) is 0 Å². The zero-order valence-corrected chi connectivity index (χ0v) is 14.2. The zero-order valence-electron chi connectivity index (χ0n) is 13.4. The van der Waals surface area contributed by atoms with Gasteiger partial charge in [0.2, 0.25) is 0 Å². The van der Waals surface area contributed by atoms with Gasteiger partial charge in [0, 0.05) is 42.5 Å². The van der Waals surface area contributed by atoms with E-state index in [2.05, 4.69) is 49.6 Å². The number of hydrogen-bond acceptors (Lipinski definition) is 4. The first-order valence-corrected chi connectivity index (χ1v) is 8.54. The minimum Gasteiger partial charge on any atom is -0.329 e. The molecule has 0 bridgehead atoms. The van der Waals surface area contributed by atoms with E-state index in [1.165, 1.54) is 22.8 Å². The van der Waals surface area contributed by atoms with Gasteiger partial charge in [-0.2, -0.15) is 0 Å². The van der Waals surface area contributed by atoms with Gasteiger partial charge in [0.15, 0.2) is 0 Å². The predicted octanol–water partition coefficient (Wildman–Crippen LogP) is 2.68. The molecule has 0 radical (unpaired) electrons. The van der Waals surface area contributed by atoms with E-state index in [1.54, 1.807) is 0 Å². The maximum atomic E-state index is 6.07. The molecule has 2 rings (SSSR count). The summed E-state index contributed by atoms with van der Waals surface area (Å²) in [6, 6.07) is 4.97. The van der Waals surface area contributed by atoms with Crippen LogP contribution in [-0.4, -0.2) is 49.1 Å². The minimum absolute atomic E-state index is 0.239. The van der Waals surface area contributed by atoms with Gasteiger partial charge in [0.25, 0.3) is 0 Å². The normalized spacial score (nSPS) is 20.2. The molecule has 2 N–H and O–H groups in total. The van der Waals surface area contributed by atoms with Gasteiger partial charge >= 0.3 is 0 Å². The summed E-state index contributed by atoms with van der Waals surface area (Å²) in [6.07, 6.45) is 0. The Morgan fingerprint density at radius 3 is 2.30 bits per heavy atom. The summed E-state index contributed by atoms with van der Waals surface area (Å²) in [7, 11) is 0. The van der Waals surface area contributed by atoms with Crippen LogP contribution in [0.15, 0.2) is 12.1 Å². The molecule has 1 aliphatic heterocycles. The van der Waals surface area contributed by atoms with Crippen molar-refractivity contribution >= 4 is 11.3 Å². The van der Waals surface area contributed by atoms with Crippen molar-refractivity contribution in [1.82, 2.24) is 9.80 Å². The lowest BCUT2D eigenvalue weighted by molar-refractivity contribution is 0.103. The van der Waals surface area contributed by atoms with Crippen LogP contribution in [0.5, 0.6) is 0 Å². The SMILES string of the molecule is CCN1CCN(C(CN)c2ccc(C(C)(C)C)s2)CC1. The molecule has 1 aromatic rings. The second kappa shape index (κ2) is 6.56. The van der Waals surface area contributed by atoms with Crippen LogP contribution in [0.25, 0.3) is 0 Å². The van der Waals surface area contributed by atoms with E-state index >= 15 is 0 Å². The van der Waals surface area contributed by atoms with Crippen LogP contribution in [0.3, 0.4) is 0 Å². The number of piperazine rings is 1. The van der Waals surface area contributed by atoms with Gasteiger partial charge in [-0.15, -0.1) is 11.3 Å². The molecule has 1 saturated heterocycles. The fraction of sp³-hybridized carbons (Fsp3) is 0.750. The summed E-state index contributed by atoms with van der Waals surface area (Å²) >= 11 is 1.94. The predicted molar refractivity (Wildman–Crippen MR) is 88.5 cm³/mol. The number of nitrogens with two attached hydrogens (primary N) is 1. The summed E-state index contributed by atoms with van der Waals surface area (Å²) in [5, 5.41) is 0. The molecule has 1 aliphatic rings. The molecule has 0 aliphatic carbocycles. The Morgan fingerprint density at radius 2 is 1.85 bits per heavy atom. The van der Waals surface area contributed by atoms with Crippen molar-refractivity contribution in [1.29, 1.82) is 0 Å². The third-order valence-electron chi connectivity index (χ3n) is 4.21. The maximum Gasteiger partial charge on any atom is 0.0565 e. The van der Waals surface area contributed by atoms with Crippen molar-refractivity contribution in [2.75, 3.05) is 39.3 Å². The highest BCUT2D eigenvalue weighted by atomic mass is 32.1. The maximum absolute atomic E-state index is 6.07. The van der Waals surface area contributed by atoms with Crippen molar-refractivity contribution in [2.24, 2.45) is 5.73 Å². The molecule has 0 aromatic carbocycles. The molecule has 2 heterocycles. The van der Waals surface area contributed by atoms with Crippen molar-refractivity contribution in [3.05, 3.63) is 21.9 Å². The lowest BCUT2D eigenvalue weighted by Crippen LogP contribution is -2.48. The van der Waals surface area contributed by atoms with Crippen LogP contribution in [0.2, 0.25) is 0 Å². The first-order chi connectivity index (χ1) is 9.45. The molecular weight excluding hydrogens is 266 g/mol. The standard InChI is InChI=1S/C16H29N3S/c1-5-18-8-10-19(11-9-18)13(12-17)14-6-7-15(20-14)16(2,3)4/h6-7,13H,5,8-12,17H2,1-4H3. The Kier molecular flexibility index (Phi) is 5.24. The van der Waals surface area contributed by atoms with Gasteiger partial charge in [-0.25, -0.2) is 0 Å². The molecule has 0 spiro atoms. The summed E-state index contributed by atoms with van der Waals surface area (Å²) in [5.41, 5.74) is 6.31. The molecule has 3 nitrogen and oxygen atoms in total. The van der Waals surface area contributed by atoms with Crippen molar-refractivity contribution in [2.45, 2.75) is 39.2 Å². The van der Waals surface area contributed by atoms with Crippen molar-refractivity contribution in [3.63, 3.8) is 0 Å². The van der Waals surface area contributed by atoms with E-state index in [0.717, 1.165) is 26.2 Å². The Labute approximate surface area is 127 Å². The van der Waals surface area contributed by atoms with E-state index in [9.17, 15) is 0 Å². The lowest BCUT2D eigenvalue weighted by atomic mass is 9.95. The quantitative estimate of drug-likeness (QED) is 0.927. The average Bonchev–Trinajstić information content (AvgIpc) is 2.90. The Morgan fingerprint density at radius 1 is 1.20 bits per heavy atom. The first-order valence-electron chi connectivity index (χ1n) is 7.72. The summed E-state index contributed by atoms with van der Waals surface area (Å²) < 4.78 is 0. The minimum atomic E-state index is 0.239. The van der Waals surface area contributed by atoms with E-state index in [4.69, 9.17) is 5.73 Å². The van der Waals surface area contributed by atoms with Crippen LogP contribution in [0.1, 0.15) is 43.5 Å². The van der Waals surface area contributed by atoms with Gasteiger partial charge in [-0.3, -0.25) is 4.90 Å². The highest BCUT2D eigenvalue weighted by Gasteiger charge is 2.26. The van der Waals surface area contributed by atoms with Crippen LogP contribution in [0, 0.1) is 0 Å². The smallest absolute Gasteiger partial charge is 0.0565 e. The molecule has 114 valence electrons. The highest BCUT2D eigenvalue weighted by Crippen LogP contribution is 2.34. The first kappa shape index (κ1) is 16.0. The third-order valence-corrected chi connectivity index (χ3v) is 5.82. The summed E-state index contributed by atoms with van der Waals surface area (Å²) in [6.45, 7) is 15.6. The van der Waals surface area contributed by atoms with E-state index < -0.39 is 0 Å². The molecule has 1 atom stereocenters. The topological polar surface area (TPSA) is 32.5 Å². The second-order valence-corrected chi connectivity index (χ2v) is 7.79. The lowest BCUT2D eigenvalue weighted by Gasteiger charge is -2.38. The second-order valence-electron chi connectivity index (χ2n) is 6.67. The van der Waals surface area contributed by atoms with Crippen molar-refractivity contribution in [3.8, 4) is 0 Å². The molecule has 1 aromatic heterocycles. The van der Waals surface area contributed by atoms with Gasteiger partial charge in [0.1, 0.15) is 0 Å². The molecule has 1 unspecified atom stereocenters. The van der Waals surface area contributed by atoms with Crippen LogP contribution < -0.4 is 5.73 Å². The molecule has 4 heteroatoms. The summed E-state index contributed by atoms with van der Waals surface area (Å²) in [4.78, 5) is 7.96. The largest absolute Gasteiger partial charge is 0.329 e. The molecule has 0 saturated carbocycles. The number of nitrogens with zero attached hydrogens (tertiary/aromatic N) is 2. The van der Waals surface area contributed by atoms with Gasteiger partial charge in [-0.05, 0) is 24.1 Å². The van der Waals surface area contributed by atoms with E-state index in [0.29, 0.717) is 6.04 Å². The summed E-state index contributed by atoms with van der Waals surface area (Å²) in [5.74, 6) is 0. The van der Waals surface area contributed by atoms with E-state index in [1.807, 2.05) is 11.3 Å². The zero-order chi connectivity index (χ0) is 14.8. The molecule has 0 amide bonds.